The number of hydrogen-bond acceptors (Lipinski definition) is 26. The Labute approximate surface area is 701 Å². The van der Waals surface area contributed by atoms with Crippen molar-refractivity contribution in [2.75, 3.05) is 151 Å². The number of nitrogens with zero attached hydrogens (tertiary/aromatic N) is 10. The zero-order valence-corrected chi connectivity index (χ0v) is 67.2. The Bertz CT molecular complexity index is 4490. The molecule has 0 saturated carbocycles. The number of rotatable bonds is 47. The van der Waals surface area contributed by atoms with Crippen molar-refractivity contribution in [3.8, 4) is 23.6 Å². The molecular weight excluding hydrogens is 1630 g/mol. The fraction of sp³-hybridized carbons (Fsp3) is 0.551. The number of carbonyl (C=O) groups is 15. The third-order valence-corrected chi connectivity index (χ3v) is 19.8. The van der Waals surface area contributed by atoms with Gasteiger partial charge in [0.1, 0.15) is 41.7 Å². The number of ether oxygens (including phenoxy) is 3. The van der Waals surface area contributed by atoms with E-state index in [4.69, 9.17) is 14.2 Å². The third kappa shape index (κ3) is 33.7. The highest BCUT2D eigenvalue weighted by Crippen LogP contribution is 2.33. The lowest BCUT2D eigenvalue weighted by Gasteiger charge is -2.32. The van der Waals surface area contributed by atoms with Crippen LogP contribution in [0.3, 0.4) is 0 Å². The monoisotopic (exact) mass is 1730 g/mol. The van der Waals surface area contributed by atoms with Crippen molar-refractivity contribution in [1.82, 2.24) is 81.9 Å². The van der Waals surface area contributed by atoms with Gasteiger partial charge in [-0.05, 0) is 93.5 Å². The number of fused-ring (bicyclic) bond motifs is 2. The first-order chi connectivity index (χ1) is 58.6. The number of aliphatic carboxylic acids is 5. The number of pyridine rings is 2. The summed E-state index contributed by atoms with van der Waals surface area (Å²) in [4.78, 5) is 209. The highest BCUT2D eigenvalue weighted by Gasteiger charge is 2.48. The summed E-state index contributed by atoms with van der Waals surface area (Å²) >= 11 is 0. The Morgan fingerprint density at radius 2 is 0.829 bits per heavy atom. The van der Waals surface area contributed by atoms with Gasteiger partial charge >= 0.3 is 29.8 Å². The maximum atomic E-state index is 14.0. The predicted octanol–water partition coefficient (Wildman–Crippen LogP) is -1.02. The van der Waals surface area contributed by atoms with E-state index < -0.39 is 209 Å². The Morgan fingerprint density at radius 1 is 0.447 bits per heavy atom. The number of aromatic nitrogens is 2. The molecule has 3 aliphatic heterocycles. The number of benzene rings is 2. The Balaban J connectivity index is 0.874. The molecule has 10 amide bonds. The molecular formula is C78H100F4N18O23. The van der Waals surface area contributed by atoms with Gasteiger partial charge in [-0.2, -0.15) is 10.5 Å². The minimum atomic E-state index is -3.25. The van der Waals surface area contributed by atoms with Crippen LogP contribution in [0, 0.1) is 22.7 Å². The van der Waals surface area contributed by atoms with Gasteiger partial charge in [-0.25, -0.2) is 27.2 Å². The van der Waals surface area contributed by atoms with Crippen molar-refractivity contribution < 1.29 is 129 Å². The maximum Gasteiger partial charge on any atom is 0.326 e. The van der Waals surface area contributed by atoms with E-state index in [0.717, 1.165) is 4.90 Å². The lowest BCUT2D eigenvalue weighted by molar-refractivity contribution is -0.143. The van der Waals surface area contributed by atoms with Crippen LogP contribution < -0.4 is 52.0 Å². The standard InChI is InChI=1S/C78H100F4N18O23/c79-77(80)37-49(39-83)99(47-77)67(106)41-90-72(114)53-15-20-85-57-7-5-51(35-55(53)57)122-31-3-1-18-87-62(101)12-10-60(75(117)118)93-64(103)14-9-59(92-65(104)17-33-121-34-22-89-66(105)43-95-23-25-96(44-69(108)109)27-29-98(46-71(112)113)30-28-97(26-24-95)45-70(110)111)74(116)94-61(76(119)120)11-13-63(102)88-19-2-4-32-123-52-6-8-58-56(36-52)54(16-21-86-58)73(115)91-42-68(107)100-48-78(81,82)38-50(100)40-84/h5-8,15-16,20-21,35-36,49-50,59-61H,1-4,9-14,17-19,22-34,37-38,41-48H2,(H,87,101)(H,88,102)(H,89,105)(H,90,114)(H,91,115)(H,92,104)(H,93,103)(H,94,116)(H,108,109)(H,110,111)(H,112,113)(H,117,118)(H,119,120)/t49-,50+,59-,60+,61+/m0/s1. The summed E-state index contributed by atoms with van der Waals surface area (Å²) < 4.78 is 73.2. The molecule has 0 unspecified atom stereocenters. The average Bonchev–Trinajstić information content (AvgIpc) is 1.42. The van der Waals surface area contributed by atoms with Crippen LogP contribution in [-0.2, 0) is 67.1 Å². The largest absolute Gasteiger partial charge is 0.494 e. The third-order valence-electron chi connectivity index (χ3n) is 19.8. The number of unbranched alkanes of at least 4 members (excludes halogenated alkanes) is 2. The molecule has 5 atom stereocenters. The number of halogens is 4. The van der Waals surface area contributed by atoms with Crippen molar-refractivity contribution in [2.24, 2.45) is 0 Å². The molecule has 0 spiro atoms. The molecule has 7 rings (SSSR count). The van der Waals surface area contributed by atoms with E-state index in [1.54, 1.807) is 56.0 Å². The average molecular weight is 1730 g/mol. The lowest BCUT2D eigenvalue weighted by Crippen LogP contribution is -2.52. The number of carboxylic acids is 5. The molecule has 0 aliphatic carbocycles. The number of alkyl halides is 4. The molecule has 3 saturated heterocycles. The van der Waals surface area contributed by atoms with Gasteiger partial charge in [0, 0.05) is 134 Å². The van der Waals surface area contributed by atoms with Gasteiger partial charge in [-0.3, -0.25) is 91.9 Å². The van der Waals surface area contributed by atoms with Crippen LogP contribution in [0.15, 0.2) is 60.9 Å². The molecule has 123 heavy (non-hydrogen) atoms. The van der Waals surface area contributed by atoms with Crippen molar-refractivity contribution in [3.63, 3.8) is 0 Å². The minimum absolute atomic E-state index is 0.0869. The zero-order chi connectivity index (χ0) is 89.8. The summed E-state index contributed by atoms with van der Waals surface area (Å²) in [6.07, 6.45) is -0.819. The SMILES string of the molecule is N#C[C@@H]1CC(F)(F)CN1C(=O)CNC(=O)c1ccnc2ccc(OCCCCNC(=O)CC[C@@H](NC(=O)CC[C@H](NC(=O)CCOCCNC(=O)CN3CCN(CC(=O)O)CCN(CC(=O)O)CCN(CC(=O)O)CC3)C(=O)N[C@H](CCC(=O)NCCCCOc3ccc4nccc(C(=O)NCC(=O)N5CC(F)(F)C[C@@H]5C#N)c4c3)C(=O)O)C(=O)O)cc12. The fourth-order valence-electron chi connectivity index (χ4n) is 13.4. The maximum absolute atomic E-state index is 14.0. The van der Waals surface area contributed by atoms with E-state index in [-0.39, 0.29) is 142 Å². The molecule has 41 nitrogen and oxygen atoms in total. The number of carboxylic acid groups (broad SMARTS) is 5. The minimum Gasteiger partial charge on any atom is -0.494 e. The quantitative estimate of drug-likeness (QED) is 0.0186. The van der Waals surface area contributed by atoms with Gasteiger partial charge in [-0.15, -0.1) is 0 Å². The Kier molecular flexibility index (Phi) is 38.7. The summed E-state index contributed by atoms with van der Waals surface area (Å²) in [7, 11) is 0. The van der Waals surface area contributed by atoms with E-state index in [0.29, 0.717) is 63.9 Å². The first kappa shape index (κ1) is 97.5. The number of hydrogen-bond donors (Lipinski definition) is 13. The number of likely N-dealkylation sites (tertiary alicyclic amines) is 2. The van der Waals surface area contributed by atoms with Crippen LogP contribution in [-0.4, -0.2) is 347 Å². The number of nitrogens with one attached hydrogen (secondary N) is 8. The topological polar surface area (TPSA) is 574 Å². The first-order valence-electron chi connectivity index (χ1n) is 39.6. The molecule has 5 heterocycles. The molecule has 0 bridgehead atoms. The second-order valence-corrected chi connectivity index (χ2v) is 29.3. The Morgan fingerprint density at radius 3 is 1.24 bits per heavy atom. The Hall–Kier alpha value is -12.6. The smallest absolute Gasteiger partial charge is 0.326 e. The molecule has 2 aromatic heterocycles. The van der Waals surface area contributed by atoms with E-state index in [9.17, 15) is 126 Å². The summed E-state index contributed by atoms with van der Waals surface area (Å²) in [6.45, 7) is -3.40. The molecule has 4 aromatic rings. The summed E-state index contributed by atoms with van der Waals surface area (Å²) in [5.74, 6) is -20.2. The van der Waals surface area contributed by atoms with Gasteiger partial charge in [-0.1, -0.05) is 0 Å². The normalized spacial score (nSPS) is 17.1. The van der Waals surface area contributed by atoms with Gasteiger partial charge in [0.05, 0.1) is 113 Å². The fourth-order valence-corrected chi connectivity index (χ4v) is 13.4. The van der Waals surface area contributed by atoms with E-state index in [2.05, 4.69) is 52.5 Å². The van der Waals surface area contributed by atoms with Crippen molar-refractivity contribution in [1.29, 1.82) is 10.5 Å². The highest BCUT2D eigenvalue weighted by molar-refractivity contribution is 6.08. The molecule has 3 aliphatic rings. The molecule has 668 valence electrons. The van der Waals surface area contributed by atoms with Crippen LogP contribution in [0.25, 0.3) is 21.8 Å². The van der Waals surface area contributed by atoms with Gasteiger partial charge < -0.3 is 92.1 Å². The number of amides is 10. The number of nitriles is 2. The molecule has 0 radical (unpaired) electrons. The second-order valence-electron chi connectivity index (χ2n) is 29.3. The summed E-state index contributed by atoms with van der Waals surface area (Å²) in [5.41, 5.74) is 0.950. The summed E-state index contributed by atoms with van der Waals surface area (Å²) in [6, 6.07) is 7.76. The van der Waals surface area contributed by atoms with Crippen LogP contribution in [0.2, 0.25) is 0 Å². The highest BCUT2D eigenvalue weighted by atomic mass is 19.3. The van der Waals surface area contributed by atoms with Crippen molar-refractivity contribution >= 4 is 111 Å². The van der Waals surface area contributed by atoms with E-state index in [1.807, 2.05) is 0 Å². The number of carbonyl (C=O) groups excluding carboxylic acids is 10. The molecule has 3 fully saturated rings. The van der Waals surface area contributed by atoms with Crippen molar-refractivity contribution in [2.45, 2.75) is 126 Å². The van der Waals surface area contributed by atoms with Crippen LogP contribution in [0.5, 0.6) is 11.5 Å². The first-order valence-corrected chi connectivity index (χ1v) is 39.6. The molecule has 2 aromatic carbocycles. The van der Waals surface area contributed by atoms with Gasteiger partial charge in [0.15, 0.2) is 0 Å². The van der Waals surface area contributed by atoms with Crippen LogP contribution >= 0.6 is 0 Å². The molecule has 45 heteroatoms. The van der Waals surface area contributed by atoms with Crippen molar-refractivity contribution in [3.05, 3.63) is 72.1 Å². The lowest BCUT2D eigenvalue weighted by atomic mass is 10.1. The van der Waals surface area contributed by atoms with Crippen LogP contribution in [0.1, 0.15) is 104 Å². The van der Waals surface area contributed by atoms with Gasteiger partial charge in [0.2, 0.25) is 47.3 Å². The second kappa shape index (κ2) is 48.7. The summed E-state index contributed by atoms with van der Waals surface area (Å²) in [5, 5.41) is 87.9. The predicted molar refractivity (Wildman–Crippen MR) is 421 cm³/mol. The zero-order valence-electron chi connectivity index (χ0n) is 67.2. The van der Waals surface area contributed by atoms with E-state index in [1.165, 1.54) is 36.7 Å². The van der Waals surface area contributed by atoms with Crippen LogP contribution in [0.4, 0.5) is 17.6 Å². The van der Waals surface area contributed by atoms with E-state index >= 15 is 0 Å². The van der Waals surface area contributed by atoms with Gasteiger partial charge in [0.25, 0.3) is 23.7 Å². The molecule has 13 N–H and O–H groups in total.